The van der Waals surface area contributed by atoms with Crippen LogP contribution in [-0.2, 0) is 4.79 Å². The standard InChI is InChI=1S/C10H20NO/c1-4-6-8-9(7-5-2)10(12)11-3/h4-8H2,1-3H3,(H,11,12). The first kappa shape index (κ1) is 11.5. The van der Waals surface area contributed by atoms with Crippen molar-refractivity contribution in [3.05, 3.63) is 5.92 Å². The molecule has 2 nitrogen and oxygen atoms in total. The van der Waals surface area contributed by atoms with Crippen LogP contribution in [0.15, 0.2) is 0 Å². The maximum atomic E-state index is 11.3. The Balaban J connectivity index is 3.76. The lowest BCUT2D eigenvalue weighted by Gasteiger charge is -2.12. The fourth-order valence-corrected chi connectivity index (χ4v) is 1.22. The zero-order valence-electron chi connectivity index (χ0n) is 8.44. The zero-order chi connectivity index (χ0) is 9.40. The van der Waals surface area contributed by atoms with Gasteiger partial charge in [0.25, 0.3) is 0 Å². The van der Waals surface area contributed by atoms with Crippen LogP contribution >= 0.6 is 0 Å². The lowest BCUT2D eigenvalue weighted by molar-refractivity contribution is -0.119. The number of unbranched alkanes of at least 4 members (excludes halogenated alkanes) is 1. The molecule has 0 heterocycles. The van der Waals surface area contributed by atoms with Crippen LogP contribution in [0.2, 0.25) is 0 Å². The summed E-state index contributed by atoms with van der Waals surface area (Å²) < 4.78 is 0. The first-order valence-electron chi connectivity index (χ1n) is 4.83. The first-order chi connectivity index (χ1) is 5.76. The molecule has 0 aromatic heterocycles. The molecule has 1 radical (unpaired) electrons. The lowest BCUT2D eigenvalue weighted by Crippen LogP contribution is -2.25. The van der Waals surface area contributed by atoms with Crippen LogP contribution in [-0.4, -0.2) is 13.0 Å². The minimum absolute atomic E-state index is 0.130. The zero-order valence-corrected chi connectivity index (χ0v) is 8.44. The maximum absolute atomic E-state index is 11.3. The van der Waals surface area contributed by atoms with Crippen molar-refractivity contribution in [1.82, 2.24) is 5.32 Å². The number of amides is 1. The van der Waals surface area contributed by atoms with Gasteiger partial charge in [-0.2, -0.15) is 0 Å². The third-order valence-corrected chi connectivity index (χ3v) is 1.93. The van der Waals surface area contributed by atoms with Crippen molar-refractivity contribution in [2.45, 2.75) is 46.0 Å². The number of nitrogens with one attached hydrogen (secondary N) is 1. The Hall–Kier alpha value is -0.530. The fourth-order valence-electron chi connectivity index (χ4n) is 1.22. The van der Waals surface area contributed by atoms with Crippen LogP contribution in [0.25, 0.3) is 0 Å². The monoisotopic (exact) mass is 170 g/mol. The highest BCUT2D eigenvalue weighted by Crippen LogP contribution is 2.16. The van der Waals surface area contributed by atoms with E-state index in [1.54, 1.807) is 7.05 Å². The minimum atomic E-state index is 0.130. The average Bonchev–Trinajstić information content (AvgIpc) is 2.11. The van der Waals surface area contributed by atoms with Crippen LogP contribution in [0.4, 0.5) is 0 Å². The molecule has 0 unspecified atom stereocenters. The summed E-state index contributed by atoms with van der Waals surface area (Å²) in [6.07, 6.45) is 5.25. The maximum Gasteiger partial charge on any atom is 0.227 e. The van der Waals surface area contributed by atoms with E-state index in [0.29, 0.717) is 0 Å². The molecule has 0 saturated heterocycles. The molecule has 0 bridgehead atoms. The Bertz CT molecular complexity index is 123. The van der Waals surface area contributed by atoms with Crippen LogP contribution in [0.1, 0.15) is 46.0 Å². The number of carbonyl (C=O) groups excluding carboxylic acids is 1. The van der Waals surface area contributed by atoms with Gasteiger partial charge in [0.2, 0.25) is 5.91 Å². The summed E-state index contributed by atoms with van der Waals surface area (Å²) in [4.78, 5) is 11.3. The lowest BCUT2D eigenvalue weighted by atomic mass is 9.96. The number of hydrogen-bond donors (Lipinski definition) is 1. The number of carbonyl (C=O) groups is 1. The second-order valence-electron chi connectivity index (χ2n) is 3.04. The molecule has 71 valence electrons. The molecule has 0 fully saturated rings. The van der Waals surface area contributed by atoms with E-state index >= 15 is 0 Å². The van der Waals surface area contributed by atoms with Crippen molar-refractivity contribution < 1.29 is 4.79 Å². The van der Waals surface area contributed by atoms with Gasteiger partial charge in [0.1, 0.15) is 0 Å². The van der Waals surface area contributed by atoms with Gasteiger partial charge in [0.05, 0.1) is 5.92 Å². The molecule has 2 heteroatoms. The predicted molar refractivity (Wildman–Crippen MR) is 51.7 cm³/mol. The summed E-state index contributed by atoms with van der Waals surface area (Å²) in [6, 6.07) is 0. The van der Waals surface area contributed by atoms with E-state index in [-0.39, 0.29) is 5.91 Å². The van der Waals surface area contributed by atoms with E-state index in [1.165, 1.54) is 0 Å². The minimum Gasteiger partial charge on any atom is -0.359 e. The van der Waals surface area contributed by atoms with Gasteiger partial charge in [-0.15, -0.1) is 0 Å². The highest BCUT2D eigenvalue weighted by Gasteiger charge is 2.15. The van der Waals surface area contributed by atoms with Crippen LogP contribution in [0, 0.1) is 5.92 Å². The largest absolute Gasteiger partial charge is 0.359 e. The van der Waals surface area contributed by atoms with Gasteiger partial charge in [-0.25, -0.2) is 0 Å². The van der Waals surface area contributed by atoms with Crippen molar-refractivity contribution in [2.24, 2.45) is 0 Å². The Morgan fingerprint density at radius 2 is 1.83 bits per heavy atom. The smallest absolute Gasteiger partial charge is 0.227 e. The second-order valence-corrected chi connectivity index (χ2v) is 3.04. The molecule has 1 amide bonds. The van der Waals surface area contributed by atoms with Crippen LogP contribution < -0.4 is 5.32 Å². The van der Waals surface area contributed by atoms with Crippen molar-refractivity contribution in [1.29, 1.82) is 0 Å². The summed E-state index contributed by atoms with van der Waals surface area (Å²) in [5.74, 6) is 1.19. The van der Waals surface area contributed by atoms with Crippen LogP contribution in [0.3, 0.4) is 0 Å². The van der Waals surface area contributed by atoms with Gasteiger partial charge in [-0.05, 0) is 12.8 Å². The molecule has 12 heavy (non-hydrogen) atoms. The Morgan fingerprint density at radius 1 is 1.17 bits per heavy atom. The van der Waals surface area contributed by atoms with Gasteiger partial charge in [-0.3, -0.25) is 4.79 Å². The molecule has 0 aliphatic rings. The molecular weight excluding hydrogens is 150 g/mol. The summed E-state index contributed by atoms with van der Waals surface area (Å²) in [6.45, 7) is 4.25. The van der Waals surface area contributed by atoms with Crippen molar-refractivity contribution in [3.63, 3.8) is 0 Å². The Labute approximate surface area is 75.7 Å². The number of rotatable bonds is 6. The first-order valence-corrected chi connectivity index (χ1v) is 4.83. The van der Waals surface area contributed by atoms with E-state index in [9.17, 15) is 4.79 Å². The SMILES string of the molecule is CCCC[C](CCC)C(=O)NC. The molecule has 0 aromatic rings. The van der Waals surface area contributed by atoms with Crippen molar-refractivity contribution >= 4 is 5.91 Å². The van der Waals surface area contributed by atoms with Gasteiger partial charge in [0, 0.05) is 7.05 Å². The Kier molecular flexibility index (Phi) is 6.82. The third-order valence-electron chi connectivity index (χ3n) is 1.93. The van der Waals surface area contributed by atoms with Gasteiger partial charge in [-0.1, -0.05) is 33.1 Å². The highest BCUT2D eigenvalue weighted by molar-refractivity contribution is 5.89. The molecule has 0 saturated carbocycles. The van der Waals surface area contributed by atoms with Crippen molar-refractivity contribution in [3.8, 4) is 0 Å². The van der Waals surface area contributed by atoms with E-state index < -0.39 is 0 Å². The predicted octanol–water partition coefficient (Wildman–Crippen LogP) is 2.30. The van der Waals surface area contributed by atoms with Gasteiger partial charge in [0.15, 0.2) is 0 Å². The molecule has 0 spiro atoms. The molecule has 0 atom stereocenters. The molecule has 0 aliphatic heterocycles. The topological polar surface area (TPSA) is 29.1 Å². The van der Waals surface area contributed by atoms with Gasteiger partial charge >= 0.3 is 0 Å². The van der Waals surface area contributed by atoms with E-state index in [0.717, 1.165) is 38.0 Å². The highest BCUT2D eigenvalue weighted by atomic mass is 16.1. The normalized spacial score (nSPS) is 10.3. The van der Waals surface area contributed by atoms with E-state index in [2.05, 4.69) is 19.2 Å². The fraction of sp³-hybridized carbons (Fsp3) is 0.800. The van der Waals surface area contributed by atoms with E-state index in [4.69, 9.17) is 0 Å². The molecule has 0 aromatic carbocycles. The average molecular weight is 170 g/mol. The Morgan fingerprint density at radius 3 is 2.25 bits per heavy atom. The summed E-state index contributed by atoms with van der Waals surface area (Å²) >= 11 is 0. The van der Waals surface area contributed by atoms with Gasteiger partial charge < -0.3 is 5.32 Å². The quantitative estimate of drug-likeness (QED) is 0.651. The molecule has 0 rings (SSSR count). The third kappa shape index (κ3) is 4.37. The summed E-state index contributed by atoms with van der Waals surface area (Å²) in [5.41, 5.74) is 0. The molecule has 1 N–H and O–H groups in total. The molecule has 0 aliphatic carbocycles. The summed E-state index contributed by atoms with van der Waals surface area (Å²) in [7, 11) is 1.70. The summed E-state index contributed by atoms with van der Waals surface area (Å²) in [5, 5.41) is 2.68. The van der Waals surface area contributed by atoms with Crippen molar-refractivity contribution in [2.75, 3.05) is 7.05 Å². The second kappa shape index (κ2) is 7.14. The number of hydrogen-bond acceptors (Lipinski definition) is 1. The van der Waals surface area contributed by atoms with E-state index in [1.807, 2.05) is 0 Å². The molecular formula is C10H20NO. The van der Waals surface area contributed by atoms with Crippen LogP contribution in [0.5, 0.6) is 0 Å².